The van der Waals surface area contributed by atoms with E-state index in [-0.39, 0.29) is 17.1 Å². The number of anilines is 1. The first kappa shape index (κ1) is 19.5. The van der Waals surface area contributed by atoms with Gasteiger partial charge in [0.15, 0.2) is 5.13 Å². The molecule has 0 fully saturated rings. The van der Waals surface area contributed by atoms with E-state index in [4.69, 9.17) is 4.74 Å². The van der Waals surface area contributed by atoms with E-state index in [1.807, 2.05) is 12.1 Å². The number of thiazole rings is 1. The van der Waals surface area contributed by atoms with Gasteiger partial charge in [0, 0.05) is 5.38 Å². The van der Waals surface area contributed by atoms with Crippen LogP contribution in [-0.4, -0.2) is 31.1 Å². The van der Waals surface area contributed by atoms with Crippen molar-refractivity contribution in [1.29, 1.82) is 0 Å². The number of aromatic nitrogens is 1. The summed E-state index contributed by atoms with van der Waals surface area (Å²) in [6.45, 7) is 0. The molecule has 6 nitrogen and oxygen atoms in total. The Morgan fingerprint density at radius 3 is 2.46 bits per heavy atom. The third-order valence-corrected chi connectivity index (χ3v) is 4.77. The normalized spacial score (nSPS) is 10.4. The van der Waals surface area contributed by atoms with E-state index < -0.39 is 17.7 Å². The van der Waals surface area contributed by atoms with Crippen molar-refractivity contribution in [2.45, 2.75) is 6.42 Å². The molecule has 0 unspecified atom stereocenters. The Balaban J connectivity index is 1.72. The highest BCUT2D eigenvalue weighted by atomic mass is 32.1. The van der Waals surface area contributed by atoms with E-state index in [1.165, 1.54) is 19.2 Å². The minimum absolute atomic E-state index is 0.00773. The summed E-state index contributed by atoms with van der Waals surface area (Å²) in [6.07, 6.45) is 0.00773. The Morgan fingerprint density at radius 1 is 1.11 bits per heavy atom. The summed E-state index contributed by atoms with van der Waals surface area (Å²) < 4.78 is 24.2. The first-order chi connectivity index (χ1) is 13.5. The number of hydrogen-bond acceptors (Lipinski definition) is 6. The third-order valence-electron chi connectivity index (χ3n) is 3.96. The van der Waals surface area contributed by atoms with Gasteiger partial charge >= 0.3 is 5.97 Å². The second-order valence-corrected chi connectivity index (χ2v) is 6.63. The molecule has 0 atom stereocenters. The van der Waals surface area contributed by atoms with E-state index in [2.05, 4.69) is 15.0 Å². The fourth-order valence-electron chi connectivity index (χ4n) is 2.49. The number of ether oxygens (including phenoxy) is 2. The van der Waals surface area contributed by atoms with Crippen LogP contribution in [0.4, 0.5) is 9.52 Å². The molecule has 1 N–H and O–H groups in total. The molecular formula is C20H17FN2O4S. The Morgan fingerprint density at radius 2 is 1.82 bits per heavy atom. The molecule has 1 heterocycles. The number of halogens is 1. The largest absolute Gasteiger partial charge is 0.497 e. The molecule has 0 spiro atoms. The number of carbonyl (C=O) groups excluding carboxylic acids is 2. The van der Waals surface area contributed by atoms with Gasteiger partial charge < -0.3 is 9.47 Å². The van der Waals surface area contributed by atoms with Crippen molar-refractivity contribution in [1.82, 2.24) is 4.98 Å². The molecular weight excluding hydrogens is 383 g/mol. The zero-order valence-corrected chi connectivity index (χ0v) is 16.0. The van der Waals surface area contributed by atoms with Crippen molar-refractivity contribution in [3.63, 3.8) is 0 Å². The van der Waals surface area contributed by atoms with Gasteiger partial charge in [-0.05, 0) is 35.4 Å². The van der Waals surface area contributed by atoms with Crippen LogP contribution >= 0.6 is 11.3 Å². The van der Waals surface area contributed by atoms with E-state index in [9.17, 15) is 14.0 Å². The van der Waals surface area contributed by atoms with Gasteiger partial charge in [-0.2, -0.15) is 0 Å². The Kier molecular flexibility index (Phi) is 6.00. The summed E-state index contributed by atoms with van der Waals surface area (Å²) in [6, 6.07) is 11.6. The van der Waals surface area contributed by atoms with E-state index in [1.54, 1.807) is 30.7 Å². The zero-order chi connectivity index (χ0) is 20.1. The van der Waals surface area contributed by atoms with Gasteiger partial charge in [0.2, 0.25) is 0 Å². The molecule has 0 bridgehead atoms. The van der Waals surface area contributed by atoms with Crippen LogP contribution in [0.15, 0.2) is 47.8 Å². The highest BCUT2D eigenvalue weighted by molar-refractivity contribution is 7.14. The van der Waals surface area contributed by atoms with Gasteiger partial charge in [-0.15, -0.1) is 11.3 Å². The van der Waals surface area contributed by atoms with Gasteiger partial charge in [0.05, 0.1) is 31.9 Å². The van der Waals surface area contributed by atoms with Crippen LogP contribution < -0.4 is 10.1 Å². The van der Waals surface area contributed by atoms with Crippen LogP contribution in [0.2, 0.25) is 0 Å². The van der Waals surface area contributed by atoms with Crippen LogP contribution in [0.25, 0.3) is 11.1 Å². The van der Waals surface area contributed by atoms with Crippen LogP contribution in [0, 0.1) is 5.82 Å². The summed E-state index contributed by atoms with van der Waals surface area (Å²) in [5, 5.41) is 4.46. The highest BCUT2D eigenvalue weighted by Crippen LogP contribution is 2.25. The molecule has 144 valence electrons. The summed E-state index contributed by atoms with van der Waals surface area (Å²) in [5.74, 6) is -0.978. The molecule has 0 saturated heterocycles. The molecule has 0 aliphatic heterocycles. The standard InChI is InChI=1S/C20H17FN2O4S/c1-26-15-6-3-12(4-7-15)13-5-8-16(17(21)9-13)19(25)23-20-22-14(11-28-20)10-18(24)27-2/h3-9,11H,10H2,1-2H3,(H,22,23,25). The van der Waals surface area contributed by atoms with Crippen molar-refractivity contribution in [3.8, 4) is 16.9 Å². The highest BCUT2D eigenvalue weighted by Gasteiger charge is 2.15. The molecule has 3 aromatic rings. The second-order valence-electron chi connectivity index (χ2n) is 5.77. The fourth-order valence-corrected chi connectivity index (χ4v) is 3.20. The van der Waals surface area contributed by atoms with Gasteiger partial charge in [0.25, 0.3) is 5.91 Å². The summed E-state index contributed by atoms with van der Waals surface area (Å²) in [7, 11) is 2.86. The number of benzene rings is 2. The lowest BCUT2D eigenvalue weighted by Gasteiger charge is -2.07. The molecule has 2 aromatic carbocycles. The molecule has 0 saturated carbocycles. The van der Waals surface area contributed by atoms with Gasteiger partial charge in [0.1, 0.15) is 11.6 Å². The summed E-state index contributed by atoms with van der Waals surface area (Å²) in [5.41, 5.74) is 1.83. The maximum absolute atomic E-state index is 14.5. The third kappa shape index (κ3) is 4.52. The quantitative estimate of drug-likeness (QED) is 0.635. The molecule has 0 radical (unpaired) electrons. The summed E-state index contributed by atoms with van der Waals surface area (Å²) >= 11 is 1.15. The van der Waals surface area contributed by atoms with E-state index in [0.717, 1.165) is 16.9 Å². The number of rotatable bonds is 6. The number of methoxy groups -OCH3 is 2. The van der Waals surface area contributed by atoms with Crippen LogP contribution in [-0.2, 0) is 16.0 Å². The second kappa shape index (κ2) is 8.62. The van der Waals surface area contributed by atoms with E-state index >= 15 is 0 Å². The number of hydrogen-bond donors (Lipinski definition) is 1. The monoisotopic (exact) mass is 400 g/mol. The average molecular weight is 400 g/mol. The molecule has 3 rings (SSSR count). The average Bonchev–Trinajstić information content (AvgIpc) is 3.14. The predicted octanol–water partition coefficient (Wildman–Crippen LogP) is 3.93. The lowest BCUT2D eigenvalue weighted by Crippen LogP contribution is -2.14. The Bertz CT molecular complexity index is 1000. The minimum atomic E-state index is -0.642. The number of amides is 1. The van der Waals surface area contributed by atoms with Crippen molar-refractivity contribution in [2.75, 3.05) is 19.5 Å². The smallest absolute Gasteiger partial charge is 0.311 e. The number of esters is 1. The zero-order valence-electron chi connectivity index (χ0n) is 15.2. The number of nitrogens with zero attached hydrogens (tertiary/aromatic N) is 1. The van der Waals surface area contributed by atoms with Crippen LogP contribution in [0.5, 0.6) is 5.75 Å². The predicted molar refractivity (Wildman–Crippen MR) is 104 cm³/mol. The van der Waals surface area contributed by atoms with Crippen molar-refractivity contribution in [3.05, 3.63) is 64.9 Å². The van der Waals surface area contributed by atoms with Gasteiger partial charge in [-0.1, -0.05) is 18.2 Å². The van der Waals surface area contributed by atoms with Crippen molar-refractivity contribution >= 4 is 28.3 Å². The number of carbonyl (C=O) groups is 2. The van der Waals surface area contributed by atoms with Gasteiger partial charge in [-0.3, -0.25) is 14.9 Å². The fraction of sp³-hybridized carbons (Fsp3) is 0.150. The lowest BCUT2D eigenvalue weighted by molar-refractivity contribution is -0.139. The first-order valence-electron chi connectivity index (χ1n) is 8.26. The summed E-state index contributed by atoms with van der Waals surface area (Å²) in [4.78, 5) is 27.7. The molecule has 1 aromatic heterocycles. The Hall–Kier alpha value is -3.26. The molecule has 0 aliphatic rings. The topological polar surface area (TPSA) is 77.5 Å². The first-order valence-corrected chi connectivity index (χ1v) is 9.14. The van der Waals surface area contributed by atoms with Crippen LogP contribution in [0.3, 0.4) is 0 Å². The molecule has 8 heteroatoms. The lowest BCUT2D eigenvalue weighted by atomic mass is 10.0. The van der Waals surface area contributed by atoms with E-state index in [0.29, 0.717) is 17.0 Å². The molecule has 1 amide bonds. The van der Waals surface area contributed by atoms with Gasteiger partial charge in [-0.25, -0.2) is 9.37 Å². The SMILES string of the molecule is COC(=O)Cc1csc(NC(=O)c2ccc(-c3ccc(OC)cc3)cc2F)n1. The Labute approximate surface area is 164 Å². The molecule has 0 aliphatic carbocycles. The molecule has 28 heavy (non-hydrogen) atoms. The maximum atomic E-state index is 14.5. The number of nitrogens with one attached hydrogen (secondary N) is 1. The maximum Gasteiger partial charge on any atom is 0.311 e. The van der Waals surface area contributed by atoms with Crippen molar-refractivity contribution in [2.24, 2.45) is 0 Å². The van der Waals surface area contributed by atoms with Crippen molar-refractivity contribution < 1.29 is 23.5 Å². The minimum Gasteiger partial charge on any atom is -0.497 e. The van der Waals surface area contributed by atoms with Crippen LogP contribution in [0.1, 0.15) is 16.1 Å².